The number of aromatic nitrogens is 1. The normalized spacial score (nSPS) is 11.8. The molecule has 1 atom stereocenters. The topological polar surface area (TPSA) is 91.9 Å². The van der Waals surface area contributed by atoms with Crippen LogP contribution in [0.5, 0.6) is 0 Å². The summed E-state index contributed by atoms with van der Waals surface area (Å²) in [5.41, 5.74) is 7.16. The molecule has 80 valence electrons. The summed E-state index contributed by atoms with van der Waals surface area (Å²) in [5.74, 6) is -0.493. The molecule has 1 unspecified atom stereocenters. The van der Waals surface area contributed by atoms with Gasteiger partial charge in [-0.1, -0.05) is 6.92 Å². The van der Waals surface area contributed by atoms with Crippen molar-refractivity contribution in [3.63, 3.8) is 0 Å². The number of nitriles is 1. The molecule has 3 N–H and O–H groups in total. The van der Waals surface area contributed by atoms with Crippen LogP contribution >= 0.6 is 0 Å². The number of esters is 1. The number of nitrogen functional groups attached to an aromatic ring is 1. The minimum atomic E-state index is -0.497. The van der Waals surface area contributed by atoms with Crippen LogP contribution in [0.15, 0.2) is 6.20 Å². The monoisotopic (exact) mass is 207 g/mol. The third kappa shape index (κ3) is 2.10. The van der Waals surface area contributed by atoms with Crippen LogP contribution in [0, 0.1) is 11.3 Å². The van der Waals surface area contributed by atoms with E-state index in [9.17, 15) is 4.79 Å². The molecule has 0 saturated carbocycles. The van der Waals surface area contributed by atoms with Gasteiger partial charge in [0.15, 0.2) is 0 Å². The van der Waals surface area contributed by atoms with Crippen LogP contribution in [0.1, 0.15) is 35.3 Å². The summed E-state index contributed by atoms with van der Waals surface area (Å²) >= 11 is 0. The number of hydrogen-bond donors (Lipinski definition) is 2. The number of ether oxygens (including phenoxy) is 1. The lowest BCUT2D eigenvalue weighted by Crippen LogP contribution is -2.06. The fourth-order valence-electron chi connectivity index (χ4n) is 1.38. The predicted octanol–water partition coefficient (Wildman–Crippen LogP) is 1.40. The SMILES string of the molecule is COC(=O)c1[nH]cc(C(C)CC#N)c1N. The van der Waals surface area contributed by atoms with Gasteiger partial charge in [0.05, 0.1) is 18.9 Å². The number of H-pyrrole nitrogens is 1. The molecule has 0 fully saturated rings. The van der Waals surface area contributed by atoms with Crippen molar-refractivity contribution >= 4 is 11.7 Å². The van der Waals surface area contributed by atoms with Gasteiger partial charge in [0, 0.05) is 12.6 Å². The number of nitrogens with zero attached hydrogens (tertiary/aromatic N) is 1. The number of nitrogens with two attached hydrogens (primary N) is 1. The lowest BCUT2D eigenvalue weighted by molar-refractivity contribution is 0.0596. The van der Waals surface area contributed by atoms with Gasteiger partial charge in [0.1, 0.15) is 5.69 Å². The van der Waals surface area contributed by atoms with Crippen LogP contribution in [-0.2, 0) is 4.74 Å². The van der Waals surface area contributed by atoms with E-state index in [1.807, 2.05) is 6.92 Å². The summed E-state index contributed by atoms with van der Waals surface area (Å²) < 4.78 is 4.55. The van der Waals surface area contributed by atoms with Crippen LogP contribution in [-0.4, -0.2) is 18.1 Å². The average molecular weight is 207 g/mol. The van der Waals surface area contributed by atoms with E-state index in [2.05, 4.69) is 15.8 Å². The Kier molecular flexibility index (Phi) is 3.34. The first-order chi connectivity index (χ1) is 7.11. The van der Waals surface area contributed by atoms with E-state index >= 15 is 0 Å². The Bertz CT molecular complexity index is 403. The minimum absolute atomic E-state index is 0.00431. The second-order valence-electron chi connectivity index (χ2n) is 3.29. The summed E-state index contributed by atoms with van der Waals surface area (Å²) in [4.78, 5) is 14.0. The van der Waals surface area contributed by atoms with E-state index in [1.165, 1.54) is 7.11 Å². The molecule has 5 heteroatoms. The quantitative estimate of drug-likeness (QED) is 0.733. The van der Waals surface area contributed by atoms with E-state index in [-0.39, 0.29) is 11.6 Å². The maximum atomic E-state index is 11.2. The molecule has 1 aromatic rings. The number of nitrogens with one attached hydrogen (secondary N) is 1. The van der Waals surface area contributed by atoms with Gasteiger partial charge in [-0.25, -0.2) is 4.79 Å². The van der Waals surface area contributed by atoms with E-state index in [0.717, 1.165) is 5.56 Å². The van der Waals surface area contributed by atoms with Gasteiger partial charge in [0.2, 0.25) is 0 Å². The molecule has 0 aromatic carbocycles. The highest BCUT2D eigenvalue weighted by Crippen LogP contribution is 2.27. The van der Waals surface area contributed by atoms with Crippen molar-refractivity contribution in [3.8, 4) is 6.07 Å². The summed E-state index contributed by atoms with van der Waals surface area (Å²) in [7, 11) is 1.29. The number of methoxy groups -OCH3 is 1. The second-order valence-corrected chi connectivity index (χ2v) is 3.29. The third-order valence-electron chi connectivity index (χ3n) is 2.27. The van der Waals surface area contributed by atoms with Crippen molar-refractivity contribution in [3.05, 3.63) is 17.5 Å². The van der Waals surface area contributed by atoms with E-state index < -0.39 is 5.97 Å². The van der Waals surface area contributed by atoms with Crippen LogP contribution < -0.4 is 5.73 Å². The molecule has 0 bridgehead atoms. The van der Waals surface area contributed by atoms with Crippen LogP contribution in [0.2, 0.25) is 0 Å². The smallest absolute Gasteiger partial charge is 0.356 e. The number of aromatic amines is 1. The molecule has 0 aliphatic heterocycles. The van der Waals surface area contributed by atoms with Crippen LogP contribution in [0.25, 0.3) is 0 Å². The first-order valence-corrected chi connectivity index (χ1v) is 4.53. The van der Waals surface area contributed by atoms with Gasteiger partial charge in [-0.2, -0.15) is 5.26 Å². The Morgan fingerprint density at radius 3 is 3.00 bits per heavy atom. The highest BCUT2D eigenvalue weighted by molar-refractivity contribution is 5.94. The Hall–Kier alpha value is -1.96. The van der Waals surface area contributed by atoms with Crippen LogP contribution in [0.4, 0.5) is 5.69 Å². The van der Waals surface area contributed by atoms with Gasteiger partial charge < -0.3 is 15.5 Å². The van der Waals surface area contributed by atoms with Gasteiger partial charge in [-0.15, -0.1) is 0 Å². The summed E-state index contributed by atoms with van der Waals surface area (Å²) in [6.45, 7) is 1.88. The lowest BCUT2D eigenvalue weighted by Gasteiger charge is -2.05. The number of anilines is 1. The fraction of sp³-hybridized carbons (Fsp3) is 0.400. The molecule has 0 spiro atoms. The van der Waals surface area contributed by atoms with Gasteiger partial charge >= 0.3 is 5.97 Å². The van der Waals surface area contributed by atoms with Crippen molar-refractivity contribution in [2.75, 3.05) is 12.8 Å². The highest BCUT2D eigenvalue weighted by atomic mass is 16.5. The van der Waals surface area contributed by atoms with E-state index in [0.29, 0.717) is 12.1 Å². The van der Waals surface area contributed by atoms with Crippen molar-refractivity contribution < 1.29 is 9.53 Å². The largest absolute Gasteiger partial charge is 0.464 e. The van der Waals surface area contributed by atoms with Crippen molar-refractivity contribution in [2.24, 2.45) is 0 Å². The van der Waals surface area contributed by atoms with Crippen molar-refractivity contribution in [1.29, 1.82) is 5.26 Å². The zero-order chi connectivity index (χ0) is 11.4. The number of carbonyl (C=O) groups is 1. The van der Waals surface area contributed by atoms with Crippen molar-refractivity contribution in [2.45, 2.75) is 19.3 Å². The molecule has 15 heavy (non-hydrogen) atoms. The van der Waals surface area contributed by atoms with Crippen LogP contribution in [0.3, 0.4) is 0 Å². The Morgan fingerprint density at radius 2 is 2.47 bits per heavy atom. The predicted molar refractivity (Wildman–Crippen MR) is 55.2 cm³/mol. The molecule has 0 saturated heterocycles. The first-order valence-electron chi connectivity index (χ1n) is 4.53. The van der Waals surface area contributed by atoms with Gasteiger partial charge in [-0.3, -0.25) is 0 Å². The molecule has 1 heterocycles. The number of carbonyl (C=O) groups excluding carboxylic acids is 1. The van der Waals surface area contributed by atoms with Crippen molar-refractivity contribution in [1.82, 2.24) is 4.98 Å². The molecule has 0 amide bonds. The maximum Gasteiger partial charge on any atom is 0.356 e. The summed E-state index contributed by atoms with van der Waals surface area (Å²) in [6, 6.07) is 2.06. The van der Waals surface area contributed by atoms with E-state index in [4.69, 9.17) is 11.0 Å². The molecule has 0 radical (unpaired) electrons. The number of hydrogen-bond acceptors (Lipinski definition) is 4. The molecule has 1 aromatic heterocycles. The second kappa shape index (κ2) is 4.51. The Labute approximate surface area is 87.8 Å². The maximum absolute atomic E-state index is 11.2. The van der Waals surface area contributed by atoms with Gasteiger partial charge in [0.25, 0.3) is 0 Å². The molecule has 0 aliphatic carbocycles. The Balaban J connectivity index is 2.99. The molecule has 0 aliphatic rings. The van der Waals surface area contributed by atoms with E-state index in [1.54, 1.807) is 6.20 Å². The third-order valence-corrected chi connectivity index (χ3v) is 2.27. The average Bonchev–Trinajstić information content (AvgIpc) is 2.59. The summed E-state index contributed by atoms with van der Waals surface area (Å²) in [6.07, 6.45) is 2.01. The molecular formula is C10H13N3O2. The molecule has 1 rings (SSSR count). The fourth-order valence-corrected chi connectivity index (χ4v) is 1.38. The zero-order valence-corrected chi connectivity index (χ0v) is 8.70. The lowest BCUT2D eigenvalue weighted by atomic mass is 10.00. The highest BCUT2D eigenvalue weighted by Gasteiger charge is 2.18. The zero-order valence-electron chi connectivity index (χ0n) is 8.70. The minimum Gasteiger partial charge on any atom is -0.464 e. The summed E-state index contributed by atoms with van der Waals surface area (Å²) in [5, 5.41) is 8.56. The van der Waals surface area contributed by atoms with Gasteiger partial charge in [-0.05, 0) is 11.5 Å². The first kappa shape index (κ1) is 11.1. The standard InChI is InChI=1S/C10H13N3O2/c1-6(3-4-11)7-5-13-9(8(7)12)10(14)15-2/h5-6,13H,3,12H2,1-2H3. The molecule has 5 nitrogen and oxygen atoms in total. The molecular weight excluding hydrogens is 194 g/mol. The number of rotatable bonds is 3. The Morgan fingerprint density at radius 1 is 1.80 bits per heavy atom.